The average molecular weight is 368 g/mol. The highest BCUT2D eigenvalue weighted by atomic mass is 16.5. The molecule has 5 rings (SSSR count). The number of ether oxygens (including phenoxy) is 2. The molecule has 3 nitrogen and oxygen atoms in total. The molecule has 0 N–H and O–H groups in total. The highest BCUT2D eigenvalue weighted by Crippen LogP contribution is 2.58. The van der Waals surface area contributed by atoms with Gasteiger partial charge in [0.1, 0.15) is 17.2 Å². The van der Waals surface area contributed by atoms with Gasteiger partial charge < -0.3 is 9.47 Å². The first kappa shape index (κ1) is 16.8. The fourth-order valence-corrected chi connectivity index (χ4v) is 4.41. The molecule has 0 saturated carbocycles. The van der Waals surface area contributed by atoms with Gasteiger partial charge in [-0.05, 0) is 31.5 Å². The highest BCUT2D eigenvalue weighted by molar-refractivity contribution is 6.00. The largest absolute Gasteiger partial charge is 0.456 e. The first-order chi connectivity index (χ1) is 13.7. The van der Waals surface area contributed by atoms with Crippen LogP contribution in [0.15, 0.2) is 73.3 Å². The standard InChI is InChI=1S/C25H20O3/c1-3-21(26)28-24-19-12-9-15(2)13-20(19)25(27-18-7-5-4-6-8-18)23-17-11-10-16(14-17)22(23)24/h3-13,16-17H,1,14H2,2H3. The van der Waals surface area contributed by atoms with Gasteiger partial charge in [0.25, 0.3) is 0 Å². The van der Waals surface area contributed by atoms with Crippen LogP contribution in [0, 0.1) is 6.92 Å². The molecular weight excluding hydrogens is 348 g/mol. The SMILES string of the molecule is C=CC(=O)Oc1c2c(c(Oc3ccccc3)c3cc(C)ccc13)C1C=CC2C1. The number of benzene rings is 3. The van der Waals surface area contributed by atoms with Gasteiger partial charge in [-0.15, -0.1) is 0 Å². The Morgan fingerprint density at radius 3 is 2.43 bits per heavy atom. The summed E-state index contributed by atoms with van der Waals surface area (Å²) >= 11 is 0. The smallest absolute Gasteiger partial charge is 0.335 e. The lowest BCUT2D eigenvalue weighted by Gasteiger charge is -2.22. The molecule has 3 aromatic carbocycles. The van der Waals surface area contributed by atoms with Crippen molar-refractivity contribution in [1.82, 2.24) is 0 Å². The number of allylic oxidation sites excluding steroid dienone is 2. The lowest BCUT2D eigenvalue weighted by Crippen LogP contribution is -2.09. The summed E-state index contributed by atoms with van der Waals surface area (Å²) in [5, 5.41) is 1.86. The lowest BCUT2D eigenvalue weighted by atomic mass is 9.90. The molecule has 0 radical (unpaired) electrons. The highest BCUT2D eigenvalue weighted by Gasteiger charge is 2.40. The predicted octanol–water partition coefficient (Wildman–Crippen LogP) is 6.17. The van der Waals surface area contributed by atoms with Crippen LogP contribution in [0.4, 0.5) is 0 Å². The molecule has 0 aliphatic heterocycles. The van der Waals surface area contributed by atoms with Gasteiger partial charge in [-0.1, -0.05) is 54.6 Å². The van der Waals surface area contributed by atoms with Crippen molar-refractivity contribution in [2.75, 3.05) is 0 Å². The van der Waals surface area contributed by atoms with E-state index in [-0.39, 0.29) is 11.8 Å². The topological polar surface area (TPSA) is 35.5 Å². The van der Waals surface area contributed by atoms with Crippen LogP contribution in [0.3, 0.4) is 0 Å². The van der Waals surface area contributed by atoms with Gasteiger partial charge in [0.05, 0.1) is 0 Å². The Morgan fingerprint density at radius 1 is 1.00 bits per heavy atom. The number of carbonyl (C=O) groups is 1. The molecular formula is C25H20O3. The lowest BCUT2D eigenvalue weighted by molar-refractivity contribution is -0.128. The fourth-order valence-electron chi connectivity index (χ4n) is 4.41. The molecule has 2 unspecified atom stereocenters. The number of aryl methyl sites for hydroxylation is 1. The molecule has 0 saturated heterocycles. The number of carbonyl (C=O) groups excluding carboxylic acids is 1. The van der Waals surface area contributed by atoms with E-state index in [2.05, 4.69) is 31.7 Å². The van der Waals surface area contributed by atoms with Crippen molar-refractivity contribution >= 4 is 16.7 Å². The molecule has 2 aliphatic rings. The summed E-state index contributed by atoms with van der Waals surface area (Å²) in [6.07, 6.45) is 6.66. The van der Waals surface area contributed by atoms with Crippen molar-refractivity contribution in [1.29, 1.82) is 0 Å². The third-order valence-electron chi connectivity index (χ3n) is 5.60. The maximum Gasteiger partial charge on any atom is 0.335 e. The summed E-state index contributed by atoms with van der Waals surface area (Å²) in [5.74, 6) is 2.41. The molecule has 0 spiro atoms. The fraction of sp³-hybridized carbons (Fsp3) is 0.160. The Balaban J connectivity index is 1.81. The Hall–Kier alpha value is -3.33. The van der Waals surface area contributed by atoms with E-state index in [1.54, 1.807) is 0 Å². The third kappa shape index (κ3) is 2.55. The van der Waals surface area contributed by atoms with Gasteiger partial charge in [0.15, 0.2) is 0 Å². The maximum absolute atomic E-state index is 12.1. The van der Waals surface area contributed by atoms with Gasteiger partial charge >= 0.3 is 5.97 Å². The molecule has 0 aromatic heterocycles. The third-order valence-corrected chi connectivity index (χ3v) is 5.60. The molecule has 0 fully saturated rings. The van der Waals surface area contributed by atoms with Crippen LogP contribution < -0.4 is 9.47 Å². The van der Waals surface area contributed by atoms with E-state index in [4.69, 9.17) is 9.47 Å². The second kappa shape index (κ2) is 6.38. The summed E-state index contributed by atoms with van der Waals surface area (Å²) in [6.45, 7) is 5.61. The molecule has 2 bridgehead atoms. The van der Waals surface area contributed by atoms with Crippen LogP contribution in [-0.4, -0.2) is 5.97 Å². The van der Waals surface area contributed by atoms with Crippen molar-refractivity contribution < 1.29 is 14.3 Å². The Labute approximate surface area is 163 Å². The molecule has 0 amide bonds. The van der Waals surface area contributed by atoms with Crippen molar-refractivity contribution in [3.05, 3.63) is 90.0 Å². The number of esters is 1. The van der Waals surface area contributed by atoms with Gasteiger partial charge in [-0.3, -0.25) is 0 Å². The first-order valence-corrected chi connectivity index (χ1v) is 9.51. The molecule has 138 valence electrons. The predicted molar refractivity (Wildman–Crippen MR) is 110 cm³/mol. The van der Waals surface area contributed by atoms with Crippen molar-refractivity contribution in [3.63, 3.8) is 0 Å². The van der Waals surface area contributed by atoms with E-state index in [0.29, 0.717) is 5.75 Å². The van der Waals surface area contributed by atoms with E-state index in [1.807, 2.05) is 42.5 Å². The van der Waals surface area contributed by atoms with E-state index in [0.717, 1.165) is 45.4 Å². The Kier molecular flexibility index (Phi) is 3.83. The van der Waals surface area contributed by atoms with Gasteiger partial charge in [0.2, 0.25) is 0 Å². The van der Waals surface area contributed by atoms with Crippen molar-refractivity contribution in [3.8, 4) is 17.2 Å². The average Bonchev–Trinajstić information content (AvgIpc) is 3.33. The summed E-state index contributed by atoms with van der Waals surface area (Å²) in [6, 6.07) is 16.0. The van der Waals surface area contributed by atoms with Crippen LogP contribution >= 0.6 is 0 Å². The van der Waals surface area contributed by atoms with E-state index in [9.17, 15) is 4.79 Å². The second-order valence-corrected chi connectivity index (χ2v) is 7.41. The van der Waals surface area contributed by atoms with Crippen LogP contribution in [0.25, 0.3) is 10.8 Å². The Morgan fingerprint density at radius 2 is 1.71 bits per heavy atom. The van der Waals surface area contributed by atoms with Crippen LogP contribution in [0.1, 0.15) is 34.9 Å². The van der Waals surface area contributed by atoms with Gasteiger partial charge in [-0.2, -0.15) is 0 Å². The van der Waals surface area contributed by atoms with Crippen LogP contribution in [-0.2, 0) is 4.79 Å². The Bertz CT molecular complexity index is 1140. The van der Waals surface area contributed by atoms with E-state index < -0.39 is 5.97 Å². The number of rotatable bonds is 4. The van der Waals surface area contributed by atoms with Crippen LogP contribution in [0.2, 0.25) is 0 Å². The summed E-state index contributed by atoms with van der Waals surface area (Å²) in [5.41, 5.74) is 3.34. The molecule has 28 heavy (non-hydrogen) atoms. The molecule has 0 heterocycles. The molecule has 2 atom stereocenters. The molecule has 3 heteroatoms. The summed E-state index contributed by atoms with van der Waals surface area (Å²) < 4.78 is 12.2. The minimum Gasteiger partial charge on any atom is -0.456 e. The molecule has 2 aliphatic carbocycles. The quantitative estimate of drug-likeness (QED) is 0.239. The number of fused-ring (bicyclic) bond motifs is 6. The zero-order valence-electron chi connectivity index (χ0n) is 15.6. The second-order valence-electron chi connectivity index (χ2n) is 7.41. The number of para-hydroxylation sites is 1. The van der Waals surface area contributed by atoms with E-state index >= 15 is 0 Å². The molecule has 3 aromatic rings. The summed E-state index contributed by atoms with van der Waals surface area (Å²) in [7, 11) is 0. The first-order valence-electron chi connectivity index (χ1n) is 9.51. The van der Waals surface area contributed by atoms with Gasteiger partial charge in [0, 0.05) is 39.8 Å². The van der Waals surface area contributed by atoms with Crippen LogP contribution in [0.5, 0.6) is 17.2 Å². The zero-order chi connectivity index (χ0) is 19.3. The number of hydrogen-bond acceptors (Lipinski definition) is 3. The monoisotopic (exact) mass is 368 g/mol. The van der Waals surface area contributed by atoms with Gasteiger partial charge in [-0.25, -0.2) is 4.79 Å². The summed E-state index contributed by atoms with van der Waals surface area (Å²) in [4.78, 5) is 12.1. The minimum atomic E-state index is -0.437. The normalized spacial score (nSPS) is 18.9. The minimum absolute atomic E-state index is 0.247. The zero-order valence-corrected chi connectivity index (χ0v) is 15.6. The van der Waals surface area contributed by atoms with E-state index in [1.165, 1.54) is 6.08 Å². The van der Waals surface area contributed by atoms with Crippen molar-refractivity contribution in [2.24, 2.45) is 0 Å². The maximum atomic E-state index is 12.1. The van der Waals surface area contributed by atoms with Crippen molar-refractivity contribution in [2.45, 2.75) is 25.2 Å². The number of hydrogen-bond donors (Lipinski definition) is 0.